The summed E-state index contributed by atoms with van der Waals surface area (Å²) in [4.78, 5) is 27.7. The third kappa shape index (κ3) is 5.02. The summed E-state index contributed by atoms with van der Waals surface area (Å²) in [5, 5.41) is 11.4. The normalized spacial score (nSPS) is 17.2. The number of benzene rings is 2. The molecule has 1 aliphatic rings. The minimum atomic E-state index is -0.785. The molecule has 1 unspecified atom stereocenters. The van der Waals surface area contributed by atoms with Crippen molar-refractivity contribution in [3.05, 3.63) is 59.2 Å². The first-order valence-electron chi connectivity index (χ1n) is 11.2. The van der Waals surface area contributed by atoms with Gasteiger partial charge in [-0.15, -0.1) is 0 Å². The highest BCUT2D eigenvalue weighted by atomic mass is 16.5. The van der Waals surface area contributed by atoms with Crippen molar-refractivity contribution in [3.63, 3.8) is 0 Å². The van der Waals surface area contributed by atoms with Crippen molar-refractivity contribution in [2.24, 2.45) is 0 Å². The third-order valence-corrected chi connectivity index (χ3v) is 5.62. The van der Waals surface area contributed by atoms with Gasteiger partial charge >= 0.3 is 0 Å². The Hall–Kier alpha value is -3.52. The van der Waals surface area contributed by atoms with Crippen LogP contribution in [0.15, 0.2) is 48.0 Å². The van der Waals surface area contributed by atoms with Gasteiger partial charge in [0, 0.05) is 20.3 Å². The first kappa shape index (κ1) is 25.1. The first-order valence-corrected chi connectivity index (χ1v) is 11.2. The maximum absolute atomic E-state index is 13.2. The minimum absolute atomic E-state index is 0.0209. The zero-order chi connectivity index (χ0) is 24.7. The zero-order valence-electron chi connectivity index (χ0n) is 20.0. The summed E-state index contributed by atoms with van der Waals surface area (Å²) < 4.78 is 21.6. The molecule has 0 radical (unpaired) electrons. The number of nitrogens with zero attached hydrogens (tertiary/aromatic N) is 1. The average Bonchev–Trinajstić information content (AvgIpc) is 3.12. The number of aliphatic hydroxyl groups excluding tert-OH is 1. The van der Waals surface area contributed by atoms with Crippen LogP contribution in [-0.4, -0.2) is 62.8 Å². The van der Waals surface area contributed by atoms with Gasteiger partial charge in [-0.05, 0) is 42.7 Å². The smallest absolute Gasteiger partial charge is 0.295 e. The highest BCUT2D eigenvalue weighted by Crippen LogP contribution is 2.43. The number of carbonyl (C=O) groups excluding carboxylic acids is 2. The summed E-state index contributed by atoms with van der Waals surface area (Å²) >= 11 is 0. The number of ether oxygens (including phenoxy) is 4. The Morgan fingerprint density at radius 3 is 2.18 bits per heavy atom. The molecule has 1 fully saturated rings. The van der Waals surface area contributed by atoms with E-state index in [0.717, 1.165) is 6.42 Å². The number of likely N-dealkylation sites (tertiary alicyclic amines) is 1. The topological polar surface area (TPSA) is 94.5 Å². The Balaban J connectivity index is 2.15. The summed E-state index contributed by atoms with van der Waals surface area (Å²) in [7, 11) is 4.50. The van der Waals surface area contributed by atoms with E-state index in [0.29, 0.717) is 42.4 Å². The van der Waals surface area contributed by atoms with Crippen LogP contribution in [0, 0.1) is 0 Å². The fourth-order valence-electron chi connectivity index (χ4n) is 4.02. The fourth-order valence-corrected chi connectivity index (χ4v) is 4.02. The van der Waals surface area contributed by atoms with E-state index in [9.17, 15) is 14.7 Å². The highest BCUT2D eigenvalue weighted by molar-refractivity contribution is 6.46. The number of Topliss-reactive ketones (excluding diaryl/α,β-unsaturated/α-hetero) is 1. The highest BCUT2D eigenvalue weighted by Gasteiger charge is 2.46. The van der Waals surface area contributed by atoms with E-state index < -0.39 is 17.7 Å². The number of rotatable bonds is 11. The second kappa shape index (κ2) is 11.6. The van der Waals surface area contributed by atoms with Gasteiger partial charge in [0.1, 0.15) is 28.6 Å². The Morgan fingerprint density at radius 1 is 0.971 bits per heavy atom. The molecular weight excluding hydrogens is 438 g/mol. The Kier molecular flexibility index (Phi) is 8.54. The number of hydrogen-bond acceptors (Lipinski definition) is 7. The lowest BCUT2D eigenvalue weighted by molar-refractivity contribution is -0.140. The number of amides is 1. The molecule has 1 N–H and O–H groups in total. The van der Waals surface area contributed by atoms with Crippen molar-refractivity contribution in [1.82, 2.24) is 4.90 Å². The predicted molar refractivity (Wildman–Crippen MR) is 127 cm³/mol. The van der Waals surface area contributed by atoms with Crippen molar-refractivity contribution in [3.8, 4) is 17.2 Å². The quantitative estimate of drug-likeness (QED) is 0.230. The van der Waals surface area contributed by atoms with Crippen LogP contribution in [0.4, 0.5) is 0 Å². The van der Waals surface area contributed by atoms with Crippen LogP contribution in [-0.2, 0) is 14.3 Å². The summed E-state index contributed by atoms with van der Waals surface area (Å²) in [6.07, 6.45) is 1.41. The van der Waals surface area contributed by atoms with Gasteiger partial charge < -0.3 is 29.0 Å². The van der Waals surface area contributed by atoms with Gasteiger partial charge in [-0.3, -0.25) is 9.59 Å². The molecule has 3 rings (SSSR count). The fraction of sp³-hybridized carbons (Fsp3) is 0.385. The number of carbonyl (C=O) groups is 2. The van der Waals surface area contributed by atoms with Crippen LogP contribution in [0.25, 0.3) is 5.76 Å². The maximum Gasteiger partial charge on any atom is 0.295 e. The minimum Gasteiger partial charge on any atom is -0.506 e. The zero-order valence-corrected chi connectivity index (χ0v) is 20.0. The first-order chi connectivity index (χ1) is 16.5. The lowest BCUT2D eigenvalue weighted by Crippen LogP contribution is -2.31. The van der Waals surface area contributed by atoms with Gasteiger partial charge in [-0.25, -0.2) is 0 Å². The molecule has 8 heteroatoms. The molecule has 0 saturated carbocycles. The molecule has 1 heterocycles. The molecule has 182 valence electrons. The molecule has 0 aliphatic carbocycles. The van der Waals surface area contributed by atoms with Crippen molar-refractivity contribution in [1.29, 1.82) is 0 Å². The second-order valence-corrected chi connectivity index (χ2v) is 7.79. The Bertz CT molecular complexity index is 1020. The van der Waals surface area contributed by atoms with Crippen LogP contribution >= 0.6 is 0 Å². The lowest BCUT2D eigenvalue weighted by atomic mass is 9.94. The average molecular weight is 470 g/mol. The molecular formula is C26H31NO7. The predicted octanol–water partition coefficient (Wildman–Crippen LogP) is 3.95. The number of ketones is 1. The molecule has 1 atom stereocenters. The third-order valence-electron chi connectivity index (χ3n) is 5.62. The van der Waals surface area contributed by atoms with E-state index in [-0.39, 0.29) is 23.4 Å². The number of hydrogen-bond donors (Lipinski definition) is 1. The van der Waals surface area contributed by atoms with Crippen LogP contribution in [0.2, 0.25) is 0 Å². The van der Waals surface area contributed by atoms with Gasteiger partial charge in [0.05, 0.1) is 32.4 Å². The molecule has 1 aliphatic heterocycles. The summed E-state index contributed by atoms with van der Waals surface area (Å²) in [5.41, 5.74) is 0.874. The molecule has 1 amide bonds. The van der Waals surface area contributed by atoms with Crippen molar-refractivity contribution >= 4 is 17.4 Å². The molecule has 0 spiro atoms. The standard InChI is InChI=1S/C26H31NO7/c1-5-15-34-18-12-10-17(11-13-18)23-22(25(29)26(30)27(23)14-7-16-31-2)24(28)21-19(32-3)8-6-9-20(21)33-4/h6,8-13,23,28H,5,7,14-16H2,1-4H3/b24-22+. The van der Waals surface area contributed by atoms with Crippen LogP contribution < -0.4 is 14.2 Å². The summed E-state index contributed by atoms with van der Waals surface area (Å²) in [6, 6.07) is 11.4. The van der Waals surface area contributed by atoms with Gasteiger partial charge in [0.2, 0.25) is 0 Å². The molecule has 2 aromatic rings. The molecule has 8 nitrogen and oxygen atoms in total. The second-order valence-electron chi connectivity index (χ2n) is 7.79. The van der Waals surface area contributed by atoms with Crippen LogP contribution in [0.5, 0.6) is 17.2 Å². The Labute approximate surface area is 199 Å². The van der Waals surface area contributed by atoms with Gasteiger partial charge in [0.25, 0.3) is 11.7 Å². The Morgan fingerprint density at radius 2 is 1.62 bits per heavy atom. The lowest BCUT2D eigenvalue weighted by Gasteiger charge is -2.25. The van der Waals surface area contributed by atoms with Gasteiger partial charge in [-0.1, -0.05) is 25.1 Å². The van der Waals surface area contributed by atoms with Crippen LogP contribution in [0.3, 0.4) is 0 Å². The molecule has 2 aromatic carbocycles. The molecule has 34 heavy (non-hydrogen) atoms. The van der Waals surface area contributed by atoms with Gasteiger partial charge in [-0.2, -0.15) is 0 Å². The maximum atomic E-state index is 13.2. The van der Waals surface area contributed by atoms with Crippen molar-refractivity contribution in [2.45, 2.75) is 25.8 Å². The van der Waals surface area contributed by atoms with Crippen molar-refractivity contribution in [2.75, 3.05) is 41.1 Å². The van der Waals surface area contributed by atoms with E-state index in [2.05, 4.69) is 0 Å². The van der Waals surface area contributed by atoms with Gasteiger partial charge in [0.15, 0.2) is 0 Å². The van der Waals surface area contributed by atoms with E-state index in [1.807, 2.05) is 6.92 Å². The number of methoxy groups -OCH3 is 3. The molecule has 1 saturated heterocycles. The number of aliphatic hydroxyl groups is 1. The molecule has 0 aromatic heterocycles. The largest absolute Gasteiger partial charge is 0.506 e. The van der Waals surface area contributed by atoms with Crippen molar-refractivity contribution < 1.29 is 33.6 Å². The summed E-state index contributed by atoms with van der Waals surface area (Å²) in [6.45, 7) is 3.33. The van der Waals surface area contributed by atoms with E-state index in [4.69, 9.17) is 18.9 Å². The monoisotopic (exact) mass is 469 g/mol. The molecule has 0 bridgehead atoms. The SMILES string of the molecule is CCCOc1ccc(C2/C(=C(\O)c3c(OC)cccc3OC)C(=O)C(=O)N2CCCOC)cc1. The van der Waals surface area contributed by atoms with E-state index >= 15 is 0 Å². The van der Waals surface area contributed by atoms with E-state index in [1.165, 1.54) is 19.1 Å². The van der Waals surface area contributed by atoms with Crippen LogP contribution in [0.1, 0.15) is 36.9 Å². The summed E-state index contributed by atoms with van der Waals surface area (Å²) in [5.74, 6) is -0.456. The van der Waals surface area contributed by atoms with E-state index in [1.54, 1.807) is 49.6 Å².